The summed E-state index contributed by atoms with van der Waals surface area (Å²) in [4.78, 5) is 27.2. The molecule has 7 heteroatoms. The molecule has 1 saturated heterocycles. The topological polar surface area (TPSA) is 88.5 Å². The third kappa shape index (κ3) is 6.19. The van der Waals surface area contributed by atoms with Gasteiger partial charge in [0.1, 0.15) is 11.6 Å². The van der Waals surface area contributed by atoms with E-state index in [0.717, 1.165) is 13.1 Å². The van der Waals surface area contributed by atoms with E-state index in [1.807, 2.05) is 18.2 Å². The molecule has 1 heterocycles. The van der Waals surface area contributed by atoms with E-state index in [1.165, 1.54) is 17.3 Å². The van der Waals surface area contributed by atoms with Crippen LogP contribution in [-0.4, -0.2) is 61.4 Å². The highest BCUT2D eigenvalue weighted by atomic mass is 16.2. The first-order valence-corrected chi connectivity index (χ1v) is 10.9. The molecule has 0 saturated carbocycles. The number of nitrogens with one attached hydrogen (secondary N) is 2. The van der Waals surface area contributed by atoms with Crippen LogP contribution in [0.3, 0.4) is 0 Å². The van der Waals surface area contributed by atoms with E-state index >= 15 is 0 Å². The number of benzene rings is 2. The molecule has 0 atom stereocenters. The number of hydrogen-bond donors (Lipinski definition) is 2. The standard InChI is InChI=1S/C25H29N5O2/c26-18-23(19-27-12-7-13-28-20-31)25(32)30-16-14-29(15-17-30)24(21-8-3-1-4-9-21)22-10-5-2-6-11-22/h1-6,8-11,19-20,24,27H,7,12-17H2,(H,28,31)/b23-19-. The summed E-state index contributed by atoms with van der Waals surface area (Å²) in [6.45, 7) is 3.71. The molecule has 166 valence electrons. The summed E-state index contributed by atoms with van der Waals surface area (Å²) in [5, 5.41) is 15.0. The average molecular weight is 432 g/mol. The first-order chi connectivity index (χ1) is 15.7. The Balaban J connectivity index is 1.61. The average Bonchev–Trinajstić information content (AvgIpc) is 2.85. The number of hydrogen-bond acceptors (Lipinski definition) is 5. The maximum Gasteiger partial charge on any atom is 0.266 e. The van der Waals surface area contributed by atoms with Crippen LogP contribution >= 0.6 is 0 Å². The van der Waals surface area contributed by atoms with Crippen LogP contribution in [-0.2, 0) is 9.59 Å². The molecule has 32 heavy (non-hydrogen) atoms. The minimum absolute atomic E-state index is 0.101. The number of nitriles is 1. The fourth-order valence-corrected chi connectivity index (χ4v) is 3.91. The second-order valence-electron chi connectivity index (χ2n) is 7.60. The summed E-state index contributed by atoms with van der Waals surface area (Å²) in [6.07, 6.45) is 2.84. The van der Waals surface area contributed by atoms with Gasteiger partial charge in [-0.1, -0.05) is 60.7 Å². The Labute approximate surface area is 189 Å². The van der Waals surface area contributed by atoms with Gasteiger partial charge in [0.2, 0.25) is 6.41 Å². The zero-order valence-corrected chi connectivity index (χ0v) is 18.1. The molecule has 3 rings (SSSR count). The molecule has 0 radical (unpaired) electrons. The molecule has 2 amide bonds. The van der Waals surface area contributed by atoms with Gasteiger partial charge in [0.15, 0.2) is 0 Å². The summed E-state index contributed by atoms with van der Waals surface area (Å²) in [5.74, 6) is -0.248. The number of nitrogens with zero attached hydrogens (tertiary/aromatic N) is 3. The predicted octanol–water partition coefficient (Wildman–Crippen LogP) is 2.05. The van der Waals surface area contributed by atoms with E-state index in [1.54, 1.807) is 4.90 Å². The number of carbonyl (C=O) groups excluding carboxylic acids is 2. The summed E-state index contributed by atoms with van der Waals surface area (Å²) in [5.41, 5.74) is 2.55. The van der Waals surface area contributed by atoms with Gasteiger partial charge in [-0.2, -0.15) is 5.26 Å². The molecular weight excluding hydrogens is 402 g/mol. The van der Waals surface area contributed by atoms with Crippen LogP contribution in [0.5, 0.6) is 0 Å². The zero-order valence-electron chi connectivity index (χ0n) is 18.1. The van der Waals surface area contributed by atoms with Crippen molar-refractivity contribution in [3.8, 4) is 6.07 Å². The summed E-state index contributed by atoms with van der Waals surface area (Å²) >= 11 is 0. The Morgan fingerprint density at radius 2 is 1.50 bits per heavy atom. The lowest BCUT2D eigenvalue weighted by Gasteiger charge is -2.39. The third-order valence-electron chi connectivity index (χ3n) is 5.52. The van der Waals surface area contributed by atoms with E-state index in [-0.39, 0.29) is 17.5 Å². The first-order valence-electron chi connectivity index (χ1n) is 10.9. The molecule has 0 bridgehead atoms. The highest BCUT2D eigenvalue weighted by Crippen LogP contribution is 2.29. The normalized spacial score (nSPS) is 14.6. The summed E-state index contributed by atoms with van der Waals surface area (Å²) in [7, 11) is 0. The third-order valence-corrected chi connectivity index (χ3v) is 5.52. The van der Waals surface area contributed by atoms with Gasteiger partial charge >= 0.3 is 0 Å². The molecule has 0 unspecified atom stereocenters. The minimum Gasteiger partial charge on any atom is -0.390 e. The van der Waals surface area contributed by atoms with E-state index < -0.39 is 0 Å². The van der Waals surface area contributed by atoms with Crippen molar-refractivity contribution < 1.29 is 9.59 Å². The molecule has 2 aromatic rings. The maximum atomic E-state index is 12.8. The molecule has 1 aliphatic rings. The van der Waals surface area contributed by atoms with Gasteiger partial charge in [-0.05, 0) is 17.5 Å². The van der Waals surface area contributed by atoms with Gasteiger partial charge in [0.05, 0.1) is 6.04 Å². The van der Waals surface area contributed by atoms with Crippen LogP contribution < -0.4 is 10.6 Å². The number of piperazine rings is 1. The second-order valence-corrected chi connectivity index (χ2v) is 7.60. The first kappa shape index (κ1) is 23.0. The maximum absolute atomic E-state index is 12.8. The summed E-state index contributed by atoms with van der Waals surface area (Å²) < 4.78 is 0. The summed E-state index contributed by atoms with van der Waals surface area (Å²) in [6, 6.07) is 22.9. The fraction of sp³-hybridized carbons (Fsp3) is 0.320. The zero-order chi connectivity index (χ0) is 22.6. The molecule has 1 fully saturated rings. The Bertz CT molecular complexity index is 892. The van der Waals surface area contributed by atoms with Crippen molar-refractivity contribution >= 4 is 12.3 Å². The monoisotopic (exact) mass is 431 g/mol. The van der Waals surface area contributed by atoms with Crippen molar-refractivity contribution in [1.82, 2.24) is 20.4 Å². The quantitative estimate of drug-likeness (QED) is 0.260. The largest absolute Gasteiger partial charge is 0.390 e. The van der Waals surface area contributed by atoms with E-state index in [4.69, 9.17) is 0 Å². The second kappa shape index (κ2) is 12.3. The van der Waals surface area contributed by atoms with Crippen molar-refractivity contribution in [1.29, 1.82) is 5.26 Å². The molecule has 7 nitrogen and oxygen atoms in total. The Morgan fingerprint density at radius 3 is 2.03 bits per heavy atom. The van der Waals surface area contributed by atoms with Gasteiger partial charge in [-0.25, -0.2) is 0 Å². The van der Waals surface area contributed by atoms with Crippen molar-refractivity contribution in [3.05, 3.63) is 83.6 Å². The predicted molar refractivity (Wildman–Crippen MR) is 123 cm³/mol. The molecule has 0 aromatic heterocycles. The molecular formula is C25H29N5O2. The molecule has 1 aliphatic heterocycles. The molecule has 2 aromatic carbocycles. The number of amides is 2. The number of carbonyl (C=O) groups is 2. The van der Waals surface area contributed by atoms with Crippen LogP contribution in [0, 0.1) is 11.3 Å². The van der Waals surface area contributed by atoms with Gasteiger partial charge in [0, 0.05) is 45.5 Å². The van der Waals surface area contributed by atoms with E-state index in [2.05, 4.69) is 64.1 Å². The van der Waals surface area contributed by atoms with Crippen LogP contribution in [0.15, 0.2) is 72.4 Å². The highest BCUT2D eigenvalue weighted by molar-refractivity contribution is 5.97. The van der Waals surface area contributed by atoms with Crippen LogP contribution in [0.1, 0.15) is 23.6 Å². The fourth-order valence-electron chi connectivity index (χ4n) is 3.91. The molecule has 2 N–H and O–H groups in total. The molecule has 0 aliphatic carbocycles. The minimum atomic E-state index is -0.248. The lowest BCUT2D eigenvalue weighted by Crippen LogP contribution is -2.50. The van der Waals surface area contributed by atoms with Crippen molar-refractivity contribution in [2.45, 2.75) is 12.5 Å². The molecule has 0 spiro atoms. The Hall–Kier alpha value is -3.63. The lowest BCUT2D eigenvalue weighted by molar-refractivity contribution is -0.128. The van der Waals surface area contributed by atoms with Crippen molar-refractivity contribution in [3.63, 3.8) is 0 Å². The Morgan fingerprint density at radius 1 is 0.938 bits per heavy atom. The lowest BCUT2D eigenvalue weighted by atomic mass is 9.96. The van der Waals surface area contributed by atoms with Crippen molar-refractivity contribution in [2.75, 3.05) is 39.3 Å². The Kier molecular flexibility index (Phi) is 8.84. The van der Waals surface area contributed by atoms with Gasteiger partial charge in [-0.15, -0.1) is 0 Å². The number of rotatable bonds is 10. The highest BCUT2D eigenvalue weighted by Gasteiger charge is 2.29. The van der Waals surface area contributed by atoms with Crippen molar-refractivity contribution in [2.24, 2.45) is 0 Å². The smallest absolute Gasteiger partial charge is 0.266 e. The van der Waals surface area contributed by atoms with Gasteiger partial charge < -0.3 is 15.5 Å². The van der Waals surface area contributed by atoms with Gasteiger partial charge in [0.25, 0.3) is 5.91 Å². The van der Waals surface area contributed by atoms with E-state index in [9.17, 15) is 14.9 Å². The van der Waals surface area contributed by atoms with Crippen LogP contribution in [0.25, 0.3) is 0 Å². The SMILES string of the molecule is N#C/C(=C/NCCCNC=O)C(=O)N1CCN(C(c2ccccc2)c2ccccc2)CC1. The van der Waals surface area contributed by atoms with Crippen LogP contribution in [0.2, 0.25) is 0 Å². The van der Waals surface area contributed by atoms with Crippen LogP contribution in [0.4, 0.5) is 0 Å². The van der Waals surface area contributed by atoms with Gasteiger partial charge in [-0.3, -0.25) is 14.5 Å². The van der Waals surface area contributed by atoms with E-state index in [0.29, 0.717) is 39.0 Å².